The number of hydrogen-bond acceptors (Lipinski definition) is 5. The van der Waals surface area contributed by atoms with Crippen molar-refractivity contribution < 1.29 is 4.79 Å². The van der Waals surface area contributed by atoms with Crippen molar-refractivity contribution in [1.82, 2.24) is 24.4 Å². The van der Waals surface area contributed by atoms with Crippen LogP contribution in [0.3, 0.4) is 0 Å². The van der Waals surface area contributed by atoms with Crippen LogP contribution in [0.2, 0.25) is 0 Å². The molecule has 0 bridgehead atoms. The van der Waals surface area contributed by atoms with Crippen molar-refractivity contribution in [2.75, 3.05) is 19.4 Å². The number of hydrogen-bond donors (Lipinski definition) is 1. The minimum atomic E-state index is -0.294. The van der Waals surface area contributed by atoms with Crippen LogP contribution < -0.4 is 5.32 Å². The average Bonchev–Trinajstić information content (AvgIpc) is 3.04. The molecule has 2 aromatic heterocycles. The zero-order chi connectivity index (χ0) is 17.0. The number of imidazole rings is 1. The molecule has 7 nitrogen and oxygen atoms in total. The SMILES string of the molecule is CNc1ncc(CN(C)C(=O)[C@H](C)n2ccnc2C(C)C)cn1. The van der Waals surface area contributed by atoms with Crippen LogP contribution in [0.5, 0.6) is 0 Å². The Kier molecular flexibility index (Phi) is 5.31. The maximum atomic E-state index is 12.7. The van der Waals surface area contributed by atoms with Gasteiger partial charge in [0.05, 0.1) is 0 Å². The smallest absolute Gasteiger partial charge is 0.245 e. The molecule has 0 fully saturated rings. The van der Waals surface area contributed by atoms with Gasteiger partial charge < -0.3 is 14.8 Å². The second-order valence-corrected chi connectivity index (χ2v) is 5.88. The van der Waals surface area contributed by atoms with E-state index < -0.39 is 0 Å². The fourth-order valence-electron chi connectivity index (χ4n) is 2.45. The van der Waals surface area contributed by atoms with E-state index in [1.807, 2.05) is 17.7 Å². The van der Waals surface area contributed by atoms with Crippen LogP contribution in [0.4, 0.5) is 5.95 Å². The molecule has 1 amide bonds. The number of aromatic nitrogens is 4. The van der Waals surface area contributed by atoms with Gasteiger partial charge in [0.15, 0.2) is 0 Å². The molecule has 0 aliphatic heterocycles. The summed E-state index contributed by atoms with van der Waals surface area (Å²) in [6.07, 6.45) is 7.05. The van der Waals surface area contributed by atoms with Gasteiger partial charge in [0.1, 0.15) is 11.9 Å². The lowest BCUT2D eigenvalue weighted by Gasteiger charge is -2.24. The second kappa shape index (κ2) is 7.21. The summed E-state index contributed by atoms with van der Waals surface area (Å²) in [5.41, 5.74) is 0.891. The van der Waals surface area contributed by atoms with E-state index in [9.17, 15) is 4.79 Å². The fourth-order valence-corrected chi connectivity index (χ4v) is 2.45. The number of nitrogens with zero attached hydrogens (tertiary/aromatic N) is 5. The van der Waals surface area contributed by atoms with Gasteiger partial charge in [-0.1, -0.05) is 13.8 Å². The first kappa shape index (κ1) is 16.9. The highest BCUT2D eigenvalue weighted by molar-refractivity contribution is 5.79. The molecule has 23 heavy (non-hydrogen) atoms. The summed E-state index contributed by atoms with van der Waals surface area (Å²) < 4.78 is 1.93. The Hall–Kier alpha value is -2.44. The standard InChI is InChI=1S/C16H24N6O/c1-11(2)14-18-6-7-22(14)12(3)15(23)21(5)10-13-8-19-16(17-4)20-9-13/h6-9,11-12H,10H2,1-5H3,(H,17,19,20)/t12-/m0/s1. The first-order chi connectivity index (χ1) is 10.9. The molecule has 0 saturated heterocycles. The van der Waals surface area contributed by atoms with Crippen LogP contribution in [0.25, 0.3) is 0 Å². The maximum absolute atomic E-state index is 12.7. The molecule has 1 N–H and O–H groups in total. The Morgan fingerprint density at radius 1 is 1.26 bits per heavy atom. The first-order valence-electron chi connectivity index (χ1n) is 7.70. The number of anilines is 1. The van der Waals surface area contributed by atoms with Crippen molar-refractivity contribution in [1.29, 1.82) is 0 Å². The zero-order valence-corrected chi connectivity index (χ0v) is 14.3. The Labute approximate surface area is 136 Å². The number of likely N-dealkylation sites (N-methyl/N-ethyl adjacent to an activating group) is 1. The lowest BCUT2D eigenvalue weighted by molar-refractivity contribution is -0.133. The molecule has 124 valence electrons. The molecule has 2 heterocycles. The molecule has 0 spiro atoms. The van der Waals surface area contributed by atoms with Gasteiger partial charge in [0.25, 0.3) is 0 Å². The fraction of sp³-hybridized carbons (Fsp3) is 0.500. The monoisotopic (exact) mass is 316 g/mol. The Bertz CT molecular complexity index is 649. The molecular formula is C16H24N6O. The van der Waals surface area contributed by atoms with Gasteiger partial charge in [-0.25, -0.2) is 15.0 Å². The summed E-state index contributed by atoms with van der Waals surface area (Å²) in [6.45, 7) is 6.51. The van der Waals surface area contributed by atoms with Crippen LogP contribution in [-0.4, -0.2) is 44.4 Å². The van der Waals surface area contributed by atoms with Crippen LogP contribution in [0, 0.1) is 0 Å². The minimum Gasteiger partial charge on any atom is -0.357 e. The molecule has 7 heteroatoms. The van der Waals surface area contributed by atoms with E-state index in [4.69, 9.17) is 0 Å². The van der Waals surface area contributed by atoms with E-state index >= 15 is 0 Å². The van der Waals surface area contributed by atoms with Gasteiger partial charge >= 0.3 is 0 Å². The Balaban J connectivity index is 2.07. The first-order valence-corrected chi connectivity index (χ1v) is 7.70. The van der Waals surface area contributed by atoms with Crippen LogP contribution in [0.1, 0.15) is 44.1 Å². The van der Waals surface area contributed by atoms with E-state index in [-0.39, 0.29) is 17.9 Å². The quantitative estimate of drug-likeness (QED) is 0.883. The van der Waals surface area contributed by atoms with Crippen molar-refractivity contribution in [3.8, 4) is 0 Å². The highest BCUT2D eigenvalue weighted by Crippen LogP contribution is 2.19. The predicted octanol–water partition coefficient (Wildman–Crippen LogP) is 2.06. The number of nitrogens with one attached hydrogen (secondary N) is 1. The Morgan fingerprint density at radius 2 is 1.91 bits per heavy atom. The van der Waals surface area contributed by atoms with E-state index in [2.05, 4.69) is 34.1 Å². The van der Waals surface area contributed by atoms with E-state index in [1.54, 1.807) is 37.6 Å². The van der Waals surface area contributed by atoms with E-state index in [1.165, 1.54) is 0 Å². The molecule has 1 atom stereocenters. The normalized spacial score (nSPS) is 12.3. The lowest BCUT2D eigenvalue weighted by atomic mass is 10.2. The van der Waals surface area contributed by atoms with E-state index in [0.29, 0.717) is 12.5 Å². The molecule has 0 aliphatic rings. The summed E-state index contributed by atoms with van der Waals surface area (Å²) in [4.78, 5) is 27.0. The number of carbonyl (C=O) groups excluding carboxylic acids is 1. The molecule has 0 saturated carbocycles. The lowest BCUT2D eigenvalue weighted by Crippen LogP contribution is -2.33. The van der Waals surface area contributed by atoms with Gasteiger partial charge in [-0.2, -0.15) is 0 Å². The molecule has 0 unspecified atom stereocenters. The topological polar surface area (TPSA) is 75.9 Å². The van der Waals surface area contributed by atoms with Gasteiger partial charge in [0, 0.05) is 56.9 Å². The van der Waals surface area contributed by atoms with Crippen molar-refractivity contribution in [3.63, 3.8) is 0 Å². The minimum absolute atomic E-state index is 0.0302. The van der Waals surface area contributed by atoms with Crippen molar-refractivity contribution >= 4 is 11.9 Å². The summed E-state index contributed by atoms with van der Waals surface area (Å²) >= 11 is 0. The van der Waals surface area contributed by atoms with Crippen molar-refractivity contribution in [2.24, 2.45) is 0 Å². The van der Waals surface area contributed by atoms with Crippen LogP contribution in [0.15, 0.2) is 24.8 Å². The van der Waals surface area contributed by atoms with Gasteiger partial charge in [0.2, 0.25) is 11.9 Å². The summed E-state index contributed by atoms with van der Waals surface area (Å²) in [5.74, 6) is 1.78. The van der Waals surface area contributed by atoms with Crippen LogP contribution >= 0.6 is 0 Å². The molecule has 2 rings (SSSR count). The largest absolute Gasteiger partial charge is 0.357 e. The summed E-state index contributed by atoms with van der Waals surface area (Å²) in [7, 11) is 3.56. The number of amides is 1. The number of rotatable bonds is 6. The number of carbonyl (C=O) groups is 1. The van der Waals surface area contributed by atoms with Gasteiger partial charge in [-0.3, -0.25) is 4.79 Å². The molecule has 0 aliphatic carbocycles. The Morgan fingerprint density at radius 3 is 2.48 bits per heavy atom. The third-order valence-electron chi connectivity index (χ3n) is 3.71. The predicted molar refractivity (Wildman–Crippen MR) is 89.1 cm³/mol. The van der Waals surface area contributed by atoms with Gasteiger partial charge in [-0.05, 0) is 6.92 Å². The maximum Gasteiger partial charge on any atom is 0.245 e. The third-order valence-corrected chi connectivity index (χ3v) is 3.71. The average molecular weight is 316 g/mol. The van der Waals surface area contributed by atoms with E-state index in [0.717, 1.165) is 11.4 Å². The van der Waals surface area contributed by atoms with Crippen LogP contribution in [-0.2, 0) is 11.3 Å². The molecule has 2 aromatic rings. The second-order valence-electron chi connectivity index (χ2n) is 5.88. The van der Waals surface area contributed by atoms with Crippen molar-refractivity contribution in [3.05, 3.63) is 36.2 Å². The molecule has 0 aromatic carbocycles. The van der Waals surface area contributed by atoms with Gasteiger partial charge in [-0.15, -0.1) is 0 Å². The summed E-state index contributed by atoms with van der Waals surface area (Å²) in [6, 6.07) is -0.294. The zero-order valence-electron chi connectivity index (χ0n) is 14.3. The molecular weight excluding hydrogens is 292 g/mol. The summed E-state index contributed by atoms with van der Waals surface area (Å²) in [5, 5.41) is 2.87. The third kappa shape index (κ3) is 3.85. The van der Waals surface area contributed by atoms with Crippen molar-refractivity contribution in [2.45, 2.75) is 39.3 Å². The highest BCUT2D eigenvalue weighted by atomic mass is 16.2. The highest BCUT2D eigenvalue weighted by Gasteiger charge is 2.22. The molecule has 0 radical (unpaired) electrons.